The molecule has 0 radical (unpaired) electrons. The van der Waals surface area contributed by atoms with Crippen LogP contribution in [0, 0.1) is 0 Å². The maximum absolute atomic E-state index is 12.3. The molecule has 1 atom stereocenters. The molecule has 0 spiro atoms. The maximum Gasteiger partial charge on any atom is 0.239 e. The predicted octanol–water partition coefficient (Wildman–Crippen LogP) is 2.55. The van der Waals surface area contributed by atoms with E-state index in [1.165, 1.54) is 16.3 Å². The number of carbonyl (C=O) groups is 1. The molecule has 0 aliphatic carbocycles. The van der Waals surface area contributed by atoms with Gasteiger partial charge in [-0.1, -0.05) is 36.4 Å². The SMILES string of the molecule is CN(Cc1ccc2ccccc2c1)C(=O)[C@H]1CCCN1. The lowest BCUT2D eigenvalue weighted by Gasteiger charge is -2.21. The third-order valence-electron chi connectivity index (χ3n) is 3.97. The van der Waals surface area contributed by atoms with Gasteiger partial charge < -0.3 is 10.2 Å². The van der Waals surface area contributed by atoms with Crippen LogP contribution in [0.25, 0.3) is 10.8 Å². The Morgan fingerprint density at radius 1 is 1.25 bits per heavy atom. The summed E-state index contributed by atoms with van der Waals surface area (Å²) >= 11 is 0. The van der Waals surface area contributed by atoms with Crippen LogP contribution in [-0.4, -0.2) is 30.4 Å². The van der Waals surface area contributed by atoms with Gasteiger partial charge >= 0.3 is 0 Å². The number of carbonyl (C=O) groups excluding carboxylic acids is 1. The zero-order valence-electron chi connectivity index (χ0n) is 11.8. The van der Waals surface area contributed by atoms with Gasteiger partial charge in [0.15, 0.2) is 0 Å². The van der Waals surface area contributed by atoms with Crippen LogP contribution < -0.4 is 5.32 Å². The van der Waals surface area contributed by atoms with Crippen molar-refractivity contribution in [1.29, 1.82) is 0 Å². The number of fused-ring (bicyclic) bond motifs is 1. The molecule has 1 fully saturated rings. The van der Waals surface area contributed by atoms with E-state index >= 15 is 0 Å². The number of likely N-dealkylation sites (N-methyl/N-ethyl adjacent to an activating group) is 1. The molecule has 0 aromatic heterocycles. The van der Waals surface area contributed by atoms with Gasteiger partial charge in [0.1, 0.15) is 0 Å². The van der Waals surface area contributed by atoms with E-state index in [0.29, 0.717) is 6.54 Å². The second-order valence-electron chi connectivity index (χ2n) is 5.52. The van der Waals surface area contributed by atoms with Crippen LogP contribution in [0.2, 0.25) is 0 Å². The highest BCUT2D eigenvalue weighted by molar-refractivity contribution is 5.84. The van der Waals surface area contributed by atoms with E-state index in [1.54, 1.807) is 0 Å². The highest BCUT2D eigenvalue weighted by Crippen LogP contribution is 2.17. The topological polar surface area (TPSA) is 32.3 Å². The van der Waals surface area contributed by atoms with Gasteiger partial charge in [-0.05, 0) is 41.8 Å². The van der Waals surface area contributed by atoms with Crippen molar-refractivity contribution in [2.75, 3.05) is 13.6 Å². The van der Waals surface area contributed by atoms with E-state index in [0.717, 1.165) is 19.4 Å². The average molecular weight is 268 g/mol. The number of benzene rings is 2. The molecule has 1 aliphatic rings. The Morgan fingerprint density at radius 3 is 2.80 bits per heavy atom. The van der Waals surface area contributed by atoms with Crippen LogP contribution in [0.15, 0.2) is 42.5 Å². The van der Waals surface area contributed by atoms with E-state index < -0.39 is 0 Å². The molecule has 1 N–H and O–H groups in total. The molecule has 1 aliphatic heterocycles. The third kappa shape index (κ3) is 2.68. The minimum absolute atomic E-state index is 0.0143. The zero-order chi connectivity index (χ0) is 13.9. The highest BCUT2D eigenvalue weighted by atomic mass is 16.2. The summed E-state index contributed by atoms with van der Waals surface area (Å²) in [6.45, 7) is 1.63. The van der Waals surface area contributed by atoms with E-state index in [9.17, 15) is 4.79 Å². The summed E-state index contributed by atoms with van der Waals surface area (Å²) in [5.41, 5.74) is 1.18. The number of nitrogens with one attached hydrogen (secondary N) is 1. The van der Waals surface area contributed by atoms with Crippen molar-refractivity contribution in [3.05, 3.63) is 48.0 Å². The minimum atomic E-state index is 0.0143. The number of rotatable bonds is 3. The van der Waals surface area contributed by atoms with Gasteiger partial charge in [-0.15, -0.1) is 0 Å². The molecule has 2 aromatic rings. The Bertz CT molecular complexity index is 617. The molecule has 104 valence electrons. The molecule has 3 rings (SSSR count). The molecule has 0 saturated carbocycles. The van der Waals surface area contributed by atoms with Crippen LogP contribution in [0.1, 0.15) is 18.4 Å². The van der Waals surface area contributed by atoms with Gasteiger partial charge in [0.2, 0.25) is 5.91 Å². The van der Waals surface area contributed by atoms with Crippen LogP contribution in [0.3, 0.4) is 0 Å². The van der Waals surface area contributed by atoms with E-state index in [-0.39, 0.29) is 11.9 Å². The highest BCUT2D eigenvalue weighted by Gasteiger charge is 2.24. The molecule has 2 aromatic carbocycles. The van der Waals surface area contributed by atoms with E-state index in [2.05, 4.69) is 35.6 Å². The van der Waals surface area contributed by atoms with Crippen molar-refractivity contribution < 1.29 is 4.79 Å². The molecular formula is C17H20N2O. The fourth-order valence-electron chi connectivity index (χ4n) is 2.85. The molecule has 0 bridgehead atoms. The van der Waals surface area contributed by atoms with Crippen LogP contribution >= 0.6 is 0 Å². The van der Waals surface area contributed by atoms with Gasteiger partial charge in [-0.3, -0.25) is 4.79 Å². The summed E-state index contributed by atoms with van der Waals surface area (Å²) in [5, 5.41) is 5.73. The predicted molar refractivity (Wildman–Crippen MR) is 81.4 cm³/mol. The smallest absolute Gasteiger partial charge is 0.239 e. The molecule has 1 heterocycles. The first-order valence-electron chi connectivity index (χ1n) is 7.20. The van der Waals surface area contributed by atoms with Crippen LogP contribution in [-0.2, 0) is 11.3 Å². The molecule has 3 nitrogen and oxygen atoms in total. The average Bonchev–Trinajstić information content (AvgIpc) is 3.00. The Labute approximate surface area is 119 Å². The minimum Gasteiger partial charge on any atom is -0.340 e. The summed E-state index contributed by atoms with van der Waals surface area (Å²) in [5.74, 6) is 0.204. The van der Waals surface area contributed by atoms with Crippen molar-refractivity contribution in [2.24, 2.45) is 0 Å². The molecular weight excluding hydrogens is 248 g/mol. The second kappa shape index (κ2) is 5.63. The van der Waals surface area contributed by atoms with Crippen molar-refractivity contribution >= 4 is 16.7 Å². The van der Waals surface area contributed by atoms with Gasteiger partial charge in [0, 0.05) is 13.6 Å². The van der Waals surface area contributed by atoms with Crippen molar-refractivity contribution in [1.82, 2.24) is 10.2 Å². The number of hydrogen-bond donors (Lipinski definition) is 1. The van der Waals surface area contributed by atoms with Gasteiger partial charge in [-0.25, -0.2) is 0 Å². The molecule has 1 saturated heterocycles. The molecule has 0 unspecified atom stereocenters. The number of hydrogen-bond acceptors (Lipinski definition) is 2. The maximum atomic E-state index is 12.3. The Morgan fingerprint density at radius 2 is 2.05 bits per heavy atom. The Hall–Kier alpha value is -1.87. The van der Waals surface area contributed by atoms with Crippen molar-refractivity contribution in [3.8, 4) is 0 Å². The summed E-state index contributed by atoms with van der Waals surface area (Å²) < 4.78 is 0. The van der Waals surface area contributed by atoms with Crippen LogP contribution in [0.4, 0.5) is 0 Å². The lowest BCUT2D eigenvalue weighted by Crippen LogP contribution is -2.41. The van der Waals surface area contributed by atoms with Crippen LogP contribution in [0.5, 0.6) is 0 Å². The number of nitrogens with zero attached hydrogens (tertiary/aromatic N) is 1. The fourth-order valence-corrected chi connectivity index (χ4v) is 2.85. The third-order valence-corrected chi connectivity index (χ3v) is 3.97. The number of amides is 1. The normalized spacial score (nSPS) is 18.4. The van der Waals surface area contributed by atoms with Gasteiger partial charge in [-0.2, -0.15) is 0 Å². The largest absolute Gasteiger partial charge is 0.340 e. The van der Waals surface area contributed by atoms with Crippen molar-refractivity contribution in [3.63, 3.8) is 0 Å². The first kappa shape index (κ1) is 13.1. The molecule has 20 heavy (non-hydrogen) atoms. The Kier molecular flexibility index (Phi) is 3.70. The van der Waals surface area contributed by atoms with Gasteiger partial charge in [0.05, 0.1) is 6.04 Å². The molecule has 3 heteroatoms. The van der Waals surface area contributed by atoms with E-state index in [4.69, 9.17) is 0 Å². The van der Waals surface area contributed by atoms with E-state index in [1.807, 2.05) is 24.1 Å². The summed E-state index contributed by atoms with van der Waals surface area (Å²) in [7, 11) is 1.89. The lowest BCUT2D eigenvalue weighted by molar-refractivity contribution is -0.132. The quantitative estimate of drug-likeness (QED) is 0.928. The fraction of sp³-hybridized carbons (Fsp3) is 0.353. The van der Waals surface area contributed by atoms with Crippen molar-refractivity contribution in [2.45, 2.75) is 25.4 Å². The first-order valence-corrected chi connectivity index (χ1v) is 7.20. The second-order valence-corrected chi connectivity index (χ2v) is 5.52. The summed E-state index contributed by atoms with van der Waals surface area (Å²) in [6, 6.07) is 14.7. The standard InChI is InChI=1S/C17H20N2O/c1-19(17(20)16-7-4-10-18-16)12-13-8-9-14-5-2-3-6-15(14)11-13/h2-3,5-6,8-9,11,16,18H,4,7,10,12H2,1H3/t16-/m1/s1. The lowest BCUT2D eigenvalue weighted by atomic mass is 10.1. The van der Waals surface area contributed by atoms with Gasteiger partial charge in [0.25, 0.3) is 0 Å². The molecule has 1 amide bonds. The summed E-state index contributed by atoms with van der Waals surface area (Å²) in [4.78, 5) is 14.1. The zero-order valence-corrected chi connectivity index (χ0v) is 11.8. The monoisotopic (exact) mass is 268 g/mol. The Balaban J connectivity index is 1.73. The first-order chi connectivity index (χ1) is 9.74. The summed E-state index contributed by atoms with van der Waals surface area (Å²) in [6.07, 6.45) is 2.06.